The van der Waals surface area contributed by atoms with Crippen LogP contribution in [0.2, 0.25) is 0 Å². The Hall–Kier alpha value is -0.480. The molecule has 2 rings (SSSR count). The molecule has 0 spiro atoms. The molecule has 2 atom stereocenters. The quantitative estimate of drug-likeness (QED) is 0.873. The highest BCUT2D eigenvalue weighted by atomic mass is 32.2. The van der Waals surface area contributed by atoms with E-state index in [0.717, 1.165) is 18.2 Å². The van der Waals surface area contributed by atoms with Gasteiger partial charge in [0, 0.05) is 36.6 Å². The first kappa shape index (κ1) is 13.0. The molecule has 0 aromatic carbocycles. The monoisotopic (exact) mass is 253 g/mol. The first-order valence-corrected chi connectivity index (χ1v) is 7.81. The summed E-state index contributed by atoms with van der Waals surface area (Å²) in [5.41, 5.74) is 2.60. The maximum Gasteiger partial charge on any atom is 0.0666 e. The van der Waals surface area contributed by atoms with Gasteiger partial charge in [0.15, 0.2) is 0 Å². The fourth-order valence-electron chi connectivity index (χ4n) is 2.71. The van der Waals surface area contributed by atoms with Gasteiger partial charge in [0.1, 0.15) is 0 Å². The molecule has 0 bridgehead atoms. The fraction of sp³-hybridized carbons (Fsp3) is 0.769. The van der Waals surface area contributed by atoms with Crippen LogP contribution in [0.5, 0.6) is 0 Å². The predicted octanol–water partition coefficient (Wildman–Crippen LogP) is 2.36. The standard InChI is InChI=1S/C13H23N3S/c1-4-11-10(9-16(2)15-11)8-14-12-6-5-7-13(12)17-3/h9,12-14H,4-8H2,1-3H3. The van der Waals surface area contributed by atoms with Gasteiger partial charge in [-0.2, -0.15) is 16.9 Å². The van der Waals surface area contributed by atoms with Crippen LogP contribution in [0.1, 0.15) is 37.4 Å². The van der Waals surface area contributed by atoms with E-state index in [4.69, 9.17) is 0 Å². The molecule has 1 aliphatic carbocycles. The van der Waals surface area contributed by atoms with E-state index in [1.165, 1.54) is 30.5 Å². The van der Waals surface area contributed by atoms with Crippen molar-refractivity contribution in [1.82, 2.24) is 15.1 Å². The summed E-state index contributed by atoms with van der Waals surface area (Å²) < 4.78 is 1.93. The molecule has 1 aromatic rings. The molecule has 1 aliphatic rings. The van der Waals surface area contributed by atoms with E-state index in [2.05, 4.69) is 29.8 Å². The molecule has 4 heteroatoms. The van der Waals surface area contributed by atoms with Crippen LogP contribution < -0.4 is 5.32 Å². The summed E-state index contributed by atoms with van der Waals surface area (Å²) in [6.45, 7) is 3.14. The van der Waals surface area contributed by atoms with Crippen LogP contribution in [0.3, 0.4) is 0 Å². The molecule has 0 aliphatic heterocycles. The number of rotatable bonds is 5. The second kappa shape index (κ2) is 5.91. The minimum atomic E-state index is 0.690. The maximum absolute atomic E-state index is 4.48. The summed E-state index contributed by atoms with van der Waals surface area (Å²) in [5.74, 6) is 0. The lowest BCUT2D eigenvalue weighted by Crippen LogP contribution is -2.33. The minimum Gasteiger partial charge on any atom is -0.309 e. The van der Waals surface area contributed by atoms with Gasteiger partial charge in [-0.05, 0) is 25.5 Å². The number of nitrogens with one attached hydrogen (secondary N) is 1. The van der Waals surface area contributed by atoms with Crippen molar-refractivity contribution in [2.75, 3.05) is 6.26 Å². The first-order chi connectivity index (χ1) is 8.24. The summed E-state index contributed by atoms with van der Waals surface area (Å²) >= 11 is 2.01. The highest BCUT2D eigenvalue weighted by Crippen LogP contribution is 2.28. The lowest BCUT2D eigenvalue weighted by Gasteiger charge is -2.19. The first-order valence-electron chi connectivity index (χ1n) is 6.52. The normalized spacial score (nSPS) is 24.4. The number of aromatic nitrogens is 2. The van der Waals surface area contributed by atoms with Crippen molar-refractivity contribution >= 4 is 11.8 Å². The van der Waals surface area contributed by atoms with E-state index in [-0.39, 0.29) is 0 Å². The molecule has 1 aromatic heterocycles. The number of thioether (sulfide) groups is 1. The summed E-state index contributed by atoms with van der Waals surface area (Å²) in [5, 5.41) is 9.00. The van der Waals surface area contributed by atoms with Gasteiger partial charge in [0.25, 0.3) is 0 Å². The number of aryl methyl sites for hydroxylation is 2. The Morgan fingerprint density at radius 1 is 1.53 bits per heavy atom. The lowest BCUT2D eigenvalue weighted by atomic mass is 10.2. The Morgan fingerprint density at radius 3 is 3.06 bits per heavy atom. The van der Waals surface area contributed by atoms with Crippen molar-refractivity contribution in [1.29, 1.82) is 0 Å². The van der Waals surface area contributed by atoms with Crippen LogP contribution in [0.25, 0.3) is 0 Å². The molecule has 3 nitrogen and oxygen atoms in total. The molecule has 2 unspecified atom stereocenters. The Kier molecular flexibility index (Phi) is 4.51. The number of nitrogens with zero attached hydrogens (tertiary/aromatic N) is 2. The number of hydrogen-bond acceptors (Lipinski definition) is 3. The van der Waals surface area contributed by atoms with Crippen LogP contribution in [-0.2, 0) is 20.0 Å². The summed E-state index contributed by atoms with van der Waals surface area (Å²) in [6.07, 6.45) is 9.46. The van der Waals surface area contributed by atoms with E-state index in [9.17, 15) is 0 Å². The van der Waals surface area contributed by atoms with E-state index in [1.807, 2.05) is 23.5 Å². The second-order valence-electron chi connectivity index (χ2n) is 4.82. The molecule has 1 heterocycles. The molecule has 1 fully saturated rings. The fourth-order valence-corrected chi connectivity index (χ4v) is 3.67. The smallest absolute Gasteiger partial charge is 0.0666 e. The number of hydrogen-bond donors (Lipinski definition) is 1. The van der Waals surface area contributed by atoms with E-state index < -0.39 is 0 Å². The van der Waals surface area contributed by atoms with Crippen molar-refractivity contribution in [3.8, 4) is 0 Å². The van der Waals surface area contributed by atoms with Gasteiger partial charge in [0.2, 0.25) is 0 Å². The van der Waals surface area contributed by atoms with Gasteiger partial charge in [-0.3, -0.25) is 4.68 Å². The van der Waals surface area contributed by atoms with E-state index in [0.29, 0.717) is 6.04 Å². The van der Waals surface area contributed by atoms with Gasteiger partial charge >= 0.3 is 0 Å². The molecular formula is C13H23N3S. The molecule has 17 heavy (non-hydrogen) atoms. The van der Waals surface area contributed by atoms with Gasteiger partial charge in [0.05, 0.1) is 5.69 Å². The molecule has 96 valence electrons. The van der Waals surface area contributed by atoms with Crippen LogP contribution in [-0.4, -0.2) is 27.3 Å². The van der Waals surface area contributed by atoms with E-state index >= 15 is 0 Å². The Balaban J connectivity index is 1.92. The second-order valence-corrected chi connectivity index (χ2v) is 5.90. The van der Waals surface area contributed by atoms with Crippen molar-refractivity contribution in [2.45, 2.75) is 50.4 Å². The molecule has 0 amide bonds. The van der Waals surface area contributed by atoms with Gasteiger partial charge in [-0.25, -0.2) is 0 Å². The maximum atomic E-state index is 4.48. The van der Waals surface area contributed by atoms with Crippen LogP contribution >= 0.6 is 11.8 Å². The molecule has 0 saturated heterocycles. The summed E-state index contributed by atoms with van der Waals surface area (Å²) in [7, 11) is 2.00. The zero-order valence-electron chi connectivity index (χ0n) is 11.1. The topological polar surface area (TPSA) is 29.9 Å². The summed E-state index contributed by atoms with van der Waals surface area (Å²) in [6, 6.07) is 0.690. The third kappa shape index (κ3) is 3.05. The van der Waals surface area contributed by atoms with E-state index in [1.54, 1.807) is 0 Å². The Labute approximate surface area is 108 Å². The average molecular weight is 253 g/mol. The minimum absolute atomic E-state index is 0.690. The Morgan fingerprint density at radius 2 is 2.35 bits per heavy atom. The van der Waals surface area contributed by atoms with Gasteiger partial charge in [-0.1, -0.05) is 13.3 Å². The zero-order valence-corrected chi connectivity index (χ0v) is 11.9. The predicted molar refractivity (Wildman–Crippen MR) is 74.4 cm³/mol. The zero-order chi connectivity index (χ0) is 12.3. The van der Waals surface area contributed by atoms with Crippen molar-refractivity contribution in [2.24, 2.45) is 7.05 Å². The van der Waals surface area contributed by atoms with Gasteiger partial charge < -0.3 is 5.32 Å². The molecule has 1 saturated carbocycles. The van der Waals surface area contributed by atoms with Crippen LogP contribution in [0, 0.1) is 0 Å². The lowest BCUT2D eigenvalue weighted by molar-refractivity contribution is 0.531. The van der Waals surface area contributed by atoms with Crippen LogP contribution in [0.4, 0.5) is 0 Å². The molecular weight excluding hydrogens is 230 g/mol. The largest absolute Gasteiger partial charge is 0.309 e. The Bertz CT molecular complexity index is 362. The SMILES string of the molecule is CCc1nn(C)cc1CNC1CCCC1SC. The highest BCUT2D eigenvalue weighted by molar-refractivity contribution is 7.99. The van der Waals surface area contributed by atoms with Crippen molar-refractivity contribution in [3.05, 3.63) is 17.5 Å². The molecule has 1 N–H and O–H groups in total. The van der Waals surface area contributed by atoms with Crippen molar-refractivity contribution in [3.63, 3.8) is 0 Å². The average Bonchev–Trinajstić information content (AvgIpc) is 2.91. The third-order valence-electron chi connectivity index (χ3n) is 3.64. The van der Waals surface area contributed by atoms with Crippen molar-refractivity contribution < 1.29 is 0 Å². The molecule has 0 radical (unpaired) electrons. The highest BCUT2D eigenvalue weighted by Gasteiger charge is 2.25. The summed E-state index contributed by atoms with van der Waals surface area (Å²) in [4.78, 5) is 0. The van der Waals surface area contributed by atoms with Gasteiger partial charge in [-0.15, -0.1) is 0 Å². The third-order valence-corrected chi connectivity index (χ3v) is 4.81. The van der Waals surface area contributed by atoms with Crippen LogP contribution in [0.15, 0.2) is 6.20 Å².